The molecule has 0 atom stereocenters. The van der Waals surface area contributed by atoms with Crippen molar-refractivity contribution in [2.45, 2.75) is 0 Å². The van der Waals surface area contributed by atoms with Crippen LogP contribution in [-0.2, 0) is 0 Å². The summed E-state index contributed by atoms with van der Waals surface area (Å²) >= 11 is 1.54. The molecular formula is C14H9N3S. The topological polar surface area (TPSA) is 41.6 Å². The van der Waals surface area contributed by atoms with Gasteiger partial charge in [0, 0.05) is 16.3 Å². The lowest BCUT2D eigenvalue weighted by molar-refractivity contribution is 1.12. The van der Waals surface area contributed by atoms with Crippen molar-refractivity contribution in [1.82, 2.24) is 14.6 Å². The van der Waals surface area contributed by atoms with Gasteiger partial charge in [-0.05, 0) is 23.7 Å². The van der Waals surface area contributed by atoms with E-state index in [-0.39, 0.29) is 0 Å². The minimum Gasteiger partial charge on any atom is -0.278 e. The molecule has 0 aliphatic heterocycles. The molecule has 2 aromatic carbocycles. The monoisotopic (exact) mass is 251 g/mol. The first kappa shape index (κ1) is 9.79. The van der Waals surface area contributed by atoms with Crippen molar-refractivity contribution in [2.24, 2.45) is 0 Å². The van der Waals surface area contributed by atoms with Crippen molar-refractivity contribution in [3.05, 3.63) is 48.7 Å². The van der Waals surface area contributed by atoms with Crippen LogP contribution in [0.3, 0.4) is 0 Å². The van der Waals surface area contributed by atoms with Crippen LogP contribution in [0.1, 0.15) is 0 Å². The summed E-state index contributed by atoms with van der Waals surface area (Å²) in [4.78, 5) is 1.21. The Morgan fingerprint density at radius 3 is 2.89 bits per heavy atom. The minimum absolute atomic E-state index is 1.05. The van der Waals surface area contributed by atoms with Gasteiger partial charge >= 0.3 is 0 Å². The fraction of sp³-hybridized carbons (Fsp3) is 0. The van der Waals surface area contributed by atoms with E-state index in [1.54, 1.807) is 11.5 Å². The van der Waals surface area contributed by atoms with E-state index >= 15 is 0 Å². The number of aromatic amines is 1. The molecular weight excluding hydrogens is 242 g/mol. The van der Waals surface area contributed by atoms with Gasteiger partial charge in [-0.3, -0.25) is 5.10 Å². The Bertz CT molecular complexity index is 844. The van der Waals surface area contributed by atoms with Crippen molar-refractivity contribution in [2.75, 3.05) is 0 Å². The maximum atomic E-state index is 4.50. The maximum absolute atomic E-state index is 4.50. The molecule has 0 radical (unpaired) electrons. The van der Waals surface area contributed by atoms with Crippen molar-refractivity contribution in [1.29, 1.82) is 0 Å². The highest BCUT2D eigenvalue weighted by atomic mass is 32.1. The second-order valence-electron chi connectivity index (χ2n) is 4.17. The first-order valence-electron chi connectivity index (χ1n) is 5.70. The second-order valence-corrected chi connectivity index (χ2v) is 4.94. The number of hydrogen-bond donors (Lipinski definition) is 1. The van der Waals surface area contributed by atoms with E-state index in [2.05, 4.69) is 32.8 Å². The van der Waals surface area contributed by atoms with Crippen molar-refractivity contribution in [3.8, 4) is 10.4 Å². The van der Waals surface area contributed by atoms with Crippen LogP contribution in [0, 0.1) is 0 Å². The number of nitrogens with one attached hydrogen (secondary N) is 1. The van der Waals surface area contributed by atoms with Crippen LogP contribution in [0.15, 0.2) is 48.7 Å². The second kappa shape index (κ2) is 3.65. The summed E-state index contributed by atoms with van der Waals surface area (Å²) in [5.41, 5.74) is 3.31. The zero-order valence-electron chi connectivity index (χ0n) is 9.42. The molecule has 0 saturated carbocycles. The molecule has 18 heavy (non-hydrogen) atoms. The molecule has 0 aliphatic rings. The molecule has 0 unspecified atom stereocenters. The molecule has 86 valence electrons. The number of H-pyrrole nitrogens is 1. The molecule has 0 spiro atoms. The molecule has 0 fully saturated rings. The Morgan fingerprint density at radius 1 is 0.944 bits per heavy atom. The average Bonchev–Trinajstić information content (AvgIpc) is 3.05. The lowest BCUT2D eigenvalue weighted by atomic mass is 10.1. The molecule has 4 aromatic rings. The fourth-order valence-electron chi connectivity index (χ4n) is 2.25. The smallest absolute Gasteiger partial charge is 0.0847 e. The SMILES string of the molecule is c1ccc2c(-c3cccc4[nH]ncc34)snc2c1. The minimum atomic E-state index is 1.05. The van der Waals surface area contributed by atoms with Gasteiger partial charge in [0.05, 0.1) is 22.1 Å². The van der Waals surface area contributed by atoms with Gasteiger partial charge in [0.25, 0.3) is 0 Å². The molecule has 2 heterocycles. The number of fused-ring (bicyclic) bond motifs is 2. The summed E-state index contributed by atoms with van der Waals surface area (Å²) in [6, 6.07) is 14.4. The van der Waals surface area contributed by atoms with Gasteiger partial charge in [0.15, 0.2) is 0 Å². The highest BCUT2D eigenvalue weighted by Crippen LogP contribution is 2.35. The largest absolute Gasteiger partial charge is 0.278 e. The van der Waals surface area contributed by atoms with E-state index in [9.17, 15) is 0 Å². The Kier molecular flexibility index (Phi) is 1.98. The zero-order chi connectivity index (χ0) is 11.9. The summed E-state index contributed by atoms with van der Waals surface area (Å²) in [7, 11) is 0. The first-order valence-corrected chi connectivity index (χ1v) is 6.48. The van der Waals surface area contributed by atoms with E-state index in [1.807, 2.05) is 30.5 Å². The van der Waals surface area contributed by atoms with E-state index in [1.165, 1.54) is 15.8 Å². The number of benzene rings is 2. The predicted molar refractivity (Wildman–Crippen MR) is 74.7 cm³/mol. The lowest BCUT2D eigenvalue weighted by Crippen LogP contribution is -1.76. The highest BCUT2D eigenvalue weighted by molar-refractivity contribution is 7.11. The lowest BCUT2D eigenvalue weighted by Gasteiger charge is -1.99. The van der Waals surface area contributed by atoms with Crippen molar-refractivity contribution >= 4 is 33.3 Å². The zero-order valence-corrected chi connectivity index (χ0v) is 10.2. The molecule has 0 aliphatic carbocycles. The molecule has 0 saturated heterocycles. The standard InChI is InChI=1S/C14H9N3S/c1-2-6-13-10(4-1)14(18-17-13)9-5-3-7-12-11(9)8-15-16-12/h1-8H,(H,15,16). The number of aromatic nitrogens is 3. The van der Waals surface area contributed by atoms with Crippen LogP contribution < -0.4 is 0 Å². The molecule has 3 nitrogen and oxygen atoms in total. The third-order valence-corrected chi connectivity index (χ3v) is 4.02. The normalized spacial score (nSPS) is 11.3. The van der Waals surface area contributed by atoms with Crippen molar-refractivity contribution in [3.63, 3.8) is 0 Å². The Labute approximate surface area is 107 Å². The quantitative estimate of drug-likeness (QED) is 0.558. The van der Waals surface area contributed by atoms with Gasteiger partial charge in [-0.1, -0.05) is 30.3 Å². The summed E-state index contributed by atoms with van der Waals surface area (Å²) in [6.45, 7) is 0. The van der Waals surface area contributed by atoms with Gasteiger partial charge in [-0.25, -0.2) is 0 Å². The van der Waals surface area contributed by atoms with Crippen LogP contribution in [0.4, 0.5) is 0 Å². The van der Waals surface area contributed by atoms with Crippen LogP contribution >= 0.6 is 11.5 Å². The maximum Gasteiger partial charge on any atom is 0.0847 e. The summed E-state index contributed by atoms with van der Waals surface area (Å²) in [5, 5.41) is 9.47. The van der Waals surface area contributed by atoms with Crippen molar-refractivity contribution < 1.29 is 0 Å². The Morgan fingerprint density at radius 2 is 1.89 bits per heavy atom. The van der Waals surface area contributed by atoms with Crippen LogP contribution in [0.5, 0.6) is 0 Å². The fourth-order valence-corrected chi connectivity index (χ4v) is 3.15. The number of hydrogen-bond acceptors (Lipinski definition) is 3. The third kappa shape index (κ3) is 1.29. The Hall–Kier alpha value is -2.20. The average molecular weight is 251 g/mol. The molecule has 4 heteroatoms. The summed E-state index contributed by atoms with van der Waals surface area (Å²) in [5.74, 6) is 0. The molecule has 1 N–H and O–H groups in total. The number of nitrogens with zero attached hydrogens (tertiary/aromatic N) is 2. The molecule has 4 rings (SSSR count). The third-order valence-electron chi connectivity index (χ3n) is 3.11. The summed E-state index contributed by atoms with van der Waals surface area (Å²) in [6.07, 6.45) is 1.87. The number of rotatable bonds is 1. The molecule has 2 aromatic heterocycles. The van der Waals surface area contributed by atoms with Gasteiger partial charge in [0.1, 0.15) is 0 Å². The van der Waals surface area contributed by atoms with Gasteiger partial charge in [-0.15, -0.1) is 0 Å². The van der Waals surface area contributed by atoms with Crippen LogP contribution in [-0.4, -0.2) is 14.6 Å². The van der Waals surface area contributed by atoms with Gasteiger partial charge in [-0.2, -0.15) is 9.47 Å². The van der Waals surface area contributed by atoms with E-state index in [0.29, 0.717) is 0 Å². The van der Waals surface area contributed by atoms with Gasteiger partial charge < -0.3 is 0 Å². The first-order chi connectivity index (χ1) is 8.93. The van der Waals surface area contributed by atoms with E-state index in [0.717, 1.165) is 16.4 Å². The molecule has 0 amide bonds. The van der Waals surface area contributed by atoms with E-state index < -0.39 is 0 Å². The highest BCUT2D eigenvalue weighted by Gasteiger charge is 2.11. The summed E-state index contributed by atoms with van der Waals surface area (Å²) < 4.78 is 4.50. The molecule has 0 bridgehead atoms. The van der Waals surface area contributed by atoms with Gasteiger partial charge in [0.2, 0.25) is 0 Å². The van der Waals surface area contributed by atoms with Crippen LogP contribution in [0.25, 0.3) is 32.2 Å². The van der Waals surface area contributed by atoms with E-state index in [4.69, 9.17) is 0 Å². The Balaban J connectivity index is 2.10. The predicted octanol–water partition coefficient (Wildman–Crippen LogP) is 3.84. The van der Waals surface area contributed by atoms with Crippen LogP contribution in [0.2, 0.25) is 0 Å².